The molecule has 0 amide bonds. The molecular weight excluding hydrogens is 206 g/mol. The van der Waals surface area contributed by atoms with Gasteiger partial charge in [0.2, 0.25) is 5.89 Å². The first-order valence-corrected chi connectivity index (χ1v) is 5.60. The molecule has 0 saturated heterocycles. The van der Waals surface area contributed by atoms with Crippen molar-refractivity contribution in [3.8, 4) is 0 Å². The molecule has 1 aliphatic carbocycles. The minimum Gasteiger partial charge on any atom is -0.395 e. The number of aliphatic hydroxyl groups excluding tert-OH is 1. The van der Waals surface area contributed by atoms with Crippen LogP contribution in [0, 0.1) is 0 Å². The molecule has 0 radical (unpaired) electrons. The number of nitrogens with zero attached hydrogens (tertiary/aromatic N) is 3. The predicted octanol–water partition coefficient (Wildman–Crippen LogP) is 0.927. The molecule has 0 aliphatic heterocycles. The van der Waals surface area contributed by atoms with Crippen LogP contribution < -0.4 is 0 Å². The zero-order chi connectivity index (χ0) is 11.4. The molecule has 2 rings (SSSR count). The van der Waals surface area contributed by atoms with E-state index < -0.39 is 0 Å². The lowest BCUT2D eigenvalue weighted by atomic mass is 10.4. The van der Waals surface area contributed by atoms with Gasteiger partial charge < -0.3 is 9.63 Å². The third-order valence-electron chi connectivity index (χ3n) is 2.58. The van der Waals surface area contributed by atoms with Crippen LogP contribution in [-0.4, -0.2) is 39.8 Å². The number of hydrogen-bond donors (Lipinski definition) is 1. The molecule has 0 aromatic carbocycles. The summed E-state index contributed by atoms with van der Waals surface area (Å²) in [5.41, 5.74) is 0. The van der Waals surface area contributed by atoms with E-state index in [-0.39, 0.29) is 6.61 Å². The molecule has 1 aromatic heterocycles. The molecular formula is C11H17N3O2. The molecule has 88 valence electrons. The minimum atomic E-state index is 0.126. The van der Waals surface area contributed by atoms with Gasteiger partial charge in [-0.2, -0.15) is 4.98 Å². The third-order valence-corrected chi connectivity index (χ3v) is 2.58. The van der Waals surface area contributed by atoms with E-state index in [9.17, 15) is 0 Å². The maximum atomic E-state index is 8.90. The van der Waals surface area contributed by atoms with Gasteiger partial charge in [-0.3, -0.25) is 4.90 Å². The third kappa shape index (κ3) is 2.90. The zero-order valence-corrected chi connectivity index (χ0v) is 9.30. The van der Waals surface area contributed by atoms with Crippen molar-refractivity contribution in [2.24, 2.45) is 0 Å². The maximum Gasteiger partial charge on any atom is 0.229 e. The van der Waals surface area contributed by atoms with Gasteiger partial charge in [-0.15, -0.1) is 6.58 Å². The summed E-state index contributed by atoms with van der Waals surface area (Å²) in [6.45, 7) is 5.72. The van der Waals surface area contributed by atoms with Crippen LogP contribution in [0.1, 0.15) is 30.5 Å². The van der Waals surface area contributed by atoms with Crippen LogP contribution in [0.15, 0.2) is 17.2 Å². The van der Waals surface area contributed by atoms with Crippen molar-refractivity contribution in [1.82, 2.24) is 15.0 Å². The Morgan fingerprint density at radius 1 is 1.56 bits per heavy atom. The highest BCUT2D eigenvalue weighted by Crippen LogP contribution is 2.38. The highest BCUT2D eigenvalue weighted by Gasteiger charge is 2.29. The number of aliphatic hydroxyl groups is 1. The molecule has 16 heavy (non-hydrogen) atoms. The van der Waals surface area contributed by atoms with Crippen LogP contribution in [-0.2, 0) is 6.54 Å². The molecule has 0 atom stereocenters. The minimum absolute atomic E-state index is 0.126. The highest BCUT2D eigenvalue weighted by atomic mass is 16.5. The number of aromatic nitrogens is 2. The van der Waals surface area contributed by atoms with Crippen LogP contribution in [0.2, 0.25) is 0 Å². The smallest absolute Gasteiger partial charge is 0.229 e. The highest BCUT2D eigenvalue weighted by molar-refractivity contribution is 5.01. The van der Waals surface area contributed by atoms with E-state index in [0.717, 1.165) is 18.7 Å². The SMILES string of the molecule is C=CCN(CCO)Cc1noc(C2CC2)n1. The van der Waals surface area contributed by atoms with Gasteiger partial charge in [0.25, 0.3) is 0 Å². The van der Waals surface area contributed by atoms with Gasteiger partial charge in [0.1, 0.15) is 0 Å². The standard InChI is InChI=1S/C11H17N3O2/c1-2-5-14(6-7-15)8-10-12-11(16-13-10)9-3-4-9/h2,9,15H,1,3-8H2. The van der Waals surface area contributed by atoms with Crippen LogP contribution >= 0.6 is 0 Å². The molecule has 0 unspecified atom stereocenters. The quantitative estimate of drug-likeness (QED) is 0.697. The lowest BCUT2D eigenvalue weighted by molar-refractivity contribution is 0.199. The summed E-state index contributed by atoms with van der Waals surface area (Å²) in [4.78, 5) is 6.36. The van der Waals surface area contributed by atoms with Crippen molar-refractivity contribution < 1.29 is 9.63 Å². The van der Waals surface area contributed by atoms with E-state index in [1.54, 1.807) is 6.08 Å². The Balaban J connectivity index is 1.91. The van der Waals surface area contributed by atoms with Crippen LogP contribution in [0.25, 0.3) is 0 Å². The maximum absolute atomic E-state index is 8.90. The Morgan fingerprint density at radius 3 is 3.00 bits per heavy atom. The van der Waals surface area contributed by atoms with Crippen LogP contribution in [0.4, 0.5) is 0 Å². The fraction of sp³-hybridized carbons (Fsp3) is 0.636. The van der Waals surface area contributed by atoms with E-state index in [4.69, 9.17) is 9.63 Å². The first-order valence-electron chi connectivity index (χ1n) is 5.60. The van der Waals surface area contributed by atoms with Crippen molar-refractivity contribution in [1.29, 1.82) is 0 Å². The Hall–Kier alpha value is -1.20. The fourth-order valence-electron chi connectivity index (χ4n) is 1.59. The number of hydrogen-bond acceptors (Lipinski definition) is 5. The Morgan fingerprint density at radius 2 is 2.38 bits per heavy atom. The molecule has 0 bridgehead atoms. The summed E-state index contributed by atoms with van der Waals surface area (Å²) in [6, 6.07) is 0. The lowest BCUT2D eigenvalue weighted by Gasteiger charge is -2.16. The van der Waals surface area contributed by atoms with E-state index >= 15 is 0 Å². The van der Waals surface area contributed by atoms with Gasteiger partial charge >= 0.3 is 0 Å². The second-order valence-electron chi connectivity index (χ2n) is 4.07. The molecule has 1 N–H and O–H groups in total. The van der Waals surface area contributed by atoms with Gasteiger partial charge in [0, 0.05) is 19.0 Å². The molecule has 1 saturated carbocycles. The Bertz CT molecular complexity index is 347. The van der Waals surface area contributed by atoms with E-state index in [0.29, 0.717) is 31.4 Å². The summed E-state index contributed by atoms with van der Waals surface area (Å²) < 4.78 is 5.17. The molecule has 1 aliphatic rings. The van der Waals surface area contributed by atoms with E-state index in [2.05, 4.69) is 16.7 Å². The Labute approximate surface area is 94.8 Å². The topological polar surface area (TPSA) is 62.4 Å². The second kappa shape index (κ2) is 5.23. The van der Waals surface area contributed by atoms with Crippen molar-refractivity contribution in [3.63, 3.8) is 0 Å². The summed E-state index contributed by atoms with van der Waals surface area (Å²) in [5.74, 6) is 1.95. The first-order chi connectivity index (χ1) is 7.83. The summed E-state index contributed by atoms with van der Waals surface area (Å²) in [5, 5.41) is 12.8. The van der Waals surface area contributed by atoms with Gasteiger partial charge in [-0.1, -0.05) is 11.2 Å². The summed E-state index contributed by atoms with van der Waals surface area (Å²) in [7, 11) is 0. The monoisotopic (exact) mass is 223 g/mol. The largest absolute Gasteiger partial charge is 0.395 e. The van der Waals surface area contributed by atoms with Gasteiger partial charge in [0.05, 0.1) is 13.2 Å². The van der Waals surface area contributed by atoms with Crippen molar-refractivity contribution in [2.45, 2.75) is 25.3 Å². The van der Waals surface area contributed by atoms with Crippen molar-refractivity contribution >= 4 is 0 Å². The summed E-state index contributed by atoms with van der Waals surface area (Å²) >= 11 is 0. The molecule has 0 spiro atoms. The lowest BCUT2D eigenvalue weighted by Crippen LogP contribution is -2.27. The number of rotatable bonds is 7. The average molecular weight is 223 g/mol. The Kier molecular flexibility index (Phi) is 3.69. The van der Waals surface area contributed by atoms with E-state index in [1.165, 1.54) is 0 Å². The molecule has 1 heterocycles. The molecule has 5 nitrogen and oxygen atoms in total. The molecule has 1 aromatic rings. The first kappa shape index (κ1) is 11.3. The average Bonchev–Trinajstić information content (AvgIpc) is 3.01. The van der Waals surface area contributed by atoms with Gasteiger partial charge in [-0.05, 0) is 12.8 Å². The van der Waals surface area contributed by atoms with Crippen molar-refractivity contribution in [3.05, 3.63) is 24.4 Å². The summed E-state index contributed by atoms with van der Waals surface area (Å²) in [6.07, 6.45) is 4.13. The normalized spacial score (nSPS) is 15.6. The van der Waals surface area contributed by atoms with Gasteiger partial charge in [0.15, 0.2) is 5.82 Å². The van der Waals surface area contributed by atoms with Crippen molar-refractivity contribution in [2.75, 3.05) is 19.7 Å². The van der Waals surface area contributed by atoms with Crippen LogP contribution in [0.3, 0.4) is 0 Å². The second-order valence-corrected chi connectivity index (χ2v) is 4.07. The van der Waals surface area contributed by atoms with E-state index in [1.807, 2.05) is 4.90 Å². The molecule has 1 fully saturated rings. The zero-order valence-electron chi connectivity index (χ0n) is 9.30. The molecule has 5 heteroatoms. The van der Waals surface area contributed by atoms with Crippen LogP contribution in [0.5, 0.6) is 0 Å². The predicted molar refractivity (Wildman–Crippen MR) is 58.8 cm³/mol. The van der Waals surface area contributed by atoms with Gasteiger partial charge in [-0.25, -0.2) is 0 Å². The fourth-order valence-corrected chi connectivity index (χ4v) is 1.59.